The topological polar surface area (TPSA) is 27.1 Å². The van der Waals surface area contributed by atoms with E-state index in [-0.39, 0.29) is 12.4 Å². The molecule has 0 N–H and O–H groups in total. The summed E-state index contributed by atoms with van der Waals surface area (Å²) in [5, 5.41) is 5.00. The molecule has 0 aliphatic rings. The molecule has 20 heavy (non-hydrogen) atoms. The van der Waals surface area contributed by atoms with E-state index in [1.165, 1.54) is 6.07 Å². The lowest BCUT2D eigenvalue weighted by molar-refractivity contribution is 0.281. The molecule has 3 nitrogen and oxygen atoms in total. The van der Waals surface area contributed by atoms with Gasteiger partial charge in [0.1, 0.15) is 6.61 Å². The second-order valence-corrected chi connectivity index (χ2v) is 5.26. The van der Waals surface area contributed by atoms with E-state index in [9.17, 15) is 4.39 Å². The molecular weight excluding hydrogens is 323 g/mol. The fourth-order valence-electron chi connectivity index (χ4n) is 1.85. The number of benzene rings is 1. The lowest BCUT2D eigenvalue weighted by Gasteiger charge is -2.10. The number of hydrogen-bond acceptors (Lipinski definition) is 2. The number of alkyl halides is 1. The highest BCUT2D eigenvalue weighted by atomic mass is 79.9. The van der Waals surface area contributed by atoms with Crippen molar-refractivity contribution in [3.8, 4) is 5.75 Å². The normalized spacial score (nSPS) is 12.4. The van der Waals surface area contributed by atoms with Crippen molar-refractivity contribution in [1.82, 2.24) is 9.78 Å². The monoisotopic (exact) mass is 340 g/mol. The van der Waals surface area contributed by atoms with Crippen LogP contribution in [0.5, 0.6) is 5.75 Å². The first-order valence-corrected chi connectivity index (χ1v) is 7.78. The lowest BCUT2D eigenvalue weighted by Crippen LogP contribution is -2.06. The molecule has 1 atom stereocenters. The predicted octanol–water partition coefficient (Wildman–Crippen LogP) is 4.47. The molecule has 0 spiro atoms. The van der Waals surface area contributed by atoms with Crippen LogP contribution in [0.4, 0.5) is 4.39 Å². The molecule has 108 valence electrons. The summed E-state index contributed by atoms with van der Waals surface area (Å²) >= 11 is 3.33. The quantitative estimate of drug-likeness (QED) is 0.725. The molecule has 0 bridgehead atoms. The van der Waals surface area contributed by atoms with Gasteiger partial charge in [0.05, 0.1) is 5.69 Å². The van der Waals surface area contributed by atoms with Gasteiger partial charge in [-0.1, -0.05) is 35.0 Å². The molecule has 0 aliphatic heterocycles. The Labute approximate surface area is 126 Å². The van der Waals surface area contributed by atoms with Crippen LogP contribution in [-0.2, 0) is 11.9 Å². The standard InChI is InChI=1S/C15H18BrFN2O/c1-3-11(2)19-8-7-13(18-19)10-20-15-12(9-16)5-4-6-14(15)17/h4-8,11H,3,9-10H2,1-2H3. The molecule has 0 radical (unpaired) electrons. The zero-order chi connectivity index (χ0) is 14.5. The average Bonchev–Trinajstić information content (AvgIpc) is 2.93. The molecule has 1 aromatic carbocycles. The van der Waals surface area contributed by atoms with Gasteiger partial charge in [0.15, 0.2) is 11.6 Å². The van der Waals surface area contributed by atoms with Gasteiger partial charge in [-0.05, 0) is 25.5 Å². The van der Waals surface area contributed by atoms with Gasteiger partial charge in [0.2, 0.25) is 0 Å². The molecule has 1 unspecified atom stereocenters. The highest BCUT2D eigenvalue weighted by molar-refractivity contribution is 9.08. The average molecular weight is 341 g/mol. The maximum atomic E-state index is 13.8. The minimum Gasteiger partial charge on any atom is -0.484 e. The number of para-hydroxylation sites is 1. The van der Waals surface area contributed by atoms with E-state index in [1.807, 2.05) is 23.0 Å². The van der Waals surface area contributed by atoms with Crippen LogP contribution in [0, 0.1) is 5.82 Å². The number of ether oxygens (including phenoxy) is 1. The van der Waals surface area contributed by atoms with Gasteiger partial charge in [-0.2, -0.15) is 5.10 Å². The third-order valence-electron chi connectivity index (χ3n) is 3.26. The van der Waals surface area contributed by atoms with Crippen LogP contribution < -0.4 is 4.74 Å². The molecule has 5 heteroatoms. The minimum absolute atomic E-state index is 0.268. The van der Waals surface area contributed by atoms with E-state index in [4.69, 9.17) is 4.74 Å². The van der Waals surface area contributed by atoms with Crippen LogP contribution in [0.25, 0.3) is 0 Å². The molecule has 2 rings (SSSR count). The Balaban J connectivity index is 2.07. The van der Waals surface area contributed by atoms with Crippen molar-refractivity contribution in [1.29, 1.82) is 0 Å². The first kappa shape index (κ1) is 15.0. The van der Waals surface area contributed by atoms with Gasteiger partial charge in [0.25, 0.3) is 0 Å². The highest BCUT2D eigenvalue weighted by Gasteiger charge is 2.10. The highest BCUT2D eigenvalue weighted by Crippen LogP contribution is 2.25. The third kappa shape index (κ3) is 3.39. The van der Waals surface area contributed by atoms with Gasteiger partial charge in [0, 0.05) is 23.1 Å². The summed E-state index contributed by atoms with van der Waals surface area (Å²) in [6, 6.07) is 7.18. The Morgan fingerprint density at radius 1 is 1.40 bits per heavy atom. The van der Waals surface area contributed by atoms with Crippen molar-refractivity contribution >= 4 is 15.9 Å². The Hall–Kier alpha value is -1.36. The maximum absolute atomic E-state index is 13.8. The summed E-state index contributed by atoms with van der Waals surface area (Å²) in [6.45, 7) is 4.49. The fourth-order valence-corrected chi connectivity index (χ4v) is 2.29. The van der Waals surface area contributed by atoms with Gasteiger partial charge >= 0.3 is 0 Å². The Kier molecular flexibility index (Phi) is 5.17. The maximum Gasteiger partial charge on any atom is 0.165 e. The third-order valence-corrected chi connectivity index (χ3v) is 3.87. The first-order valence-electron chi connectivity index (χ1n) is 6.65. The SMILES string of the molecule is CCC(C)n1ccc(COc2c(F)cccc2CBr)n1. The van der Waals surface area contributed by atoms with Gasteiger partial charge in [-0.3, -0.25) is 4.68 Å². The Morgan fingerprint density at radius 3 is 2.90 bits per heavy atom. The molecule has 1 heterocycles. The second kappa shape index (κ2) is 6.88. The molecular formula is C15H18BrFN2O. The Bertz CT molecular complexity index is 571. The zero-order valence-electron chi connectivity index (χ0n) is 11.6. The van der Waals surface area contributed by atoms with Crippen molar-refractivity contribution < 1.29 is 9.13 Å². The van der Waals surface area contributed by atoms with E-state index in [1.54, 1.807) is 6.07 Å². The van der Waals surface area contributed by atoms with Crippen molar-refractivity contribution in [2.45, 2.75) is 38.2 Å². The van der Waals surface area contributed by atoms with Crippen LogP contribution >= 0.6 is 15.9 Å². The predicted molar refractivity (Wildman–Crippen MR) is 80.6 cm³/mol. The largest absolute Gasteiger partial charge is 0.484 e. The summed E-state index contributed by atoms with van der Waals surface area (Å²) in [7, 11) is 0. The number of nitrogens with zero attached hydrogens (tertiary/aromatic N) is 2. The van der Waals surface area contributed by atoms with Crippen LogP contribution in [0.3, 0.4) is 0 Å². The van der Waals surface area contributed by atoms with Crippen molar-refractivity contribution in [3.05, 3.63) is 47.5 Å². The Morgan fingerprint density at radius 2 is 2.20 bits per heavy atom. The summed E-state index contributed by atoms with van der Waals surface area (Å²) in [5.41, 5.74) is 1.60. The molecule has 0 fully saturated rings. The first-order chi connectivity index (χ1) is 9.65. The van der Waals surface area contributed by atoms with Crippen molar-refractivity contribution in [2.75, 3.05) is 0 Å². The fraction of sp³-hybridized carbons (Fsp3) is 0.400. The molecule has 0 saturated heterocycles. The van der Waals surface area contributed by atoms with E-state index in [0.29, 0.717) is 17.1 Å². The van der Waals surface area contributed by atoms with E-state index in [0.717, 1.165) is 17.7 Å². The molecule has 0 aliphatic carbocycles. The van der Waals surface area contributed by atoms with Crippen LogP contribution in [0.15, 0.2) is 30.5 Å². The van der Waals surface area contributed by atoms with Gasteiger partial charge in [-0.25, -0.2) is 4.39 Å². The summed E-state index contributed by atoms with van der Waals surface area (Å²) in [6.07, 6.45) is 2.95. The second-order valence-electron chi connectivity index (χ2n) is 4.69. The molecule has 0 amide bonds. The lowest BCUT2D eigenvalue weighted by atomic mass is 10.2. The molecule has 0 saturated carbocycles. The minimum atomic E-state index is -0.344. The van der Waals surface area contributed by atoms with Crippen molar-refractivity contribution in [2.24, 2.45) is 0 Å². The number of hydrogen-bond donors (Lipinski definition) is 0. The molecule has 2 aromatic rings. The van der Waals surface area contributed by atoms with E-state index >= 15 is 0 Å². The smallest absolute Gasteiger partial charge is 0.165 e. The van der Waals surface area contributed by atoms with Crippen LogP contribution in [0.1, 0.15) is 37.6 Å². The van der Waals surface area contributed by atoms with Crippen LogP contribution in [-0.4, -0.2) is 9.78 Å². The summed E-state index contributed by atoms with van der Waals surface area (Å²) in [5.74, 6) is -0.0502. The number of aromatic nitrogens is 2. The summed E-state index contributed by atoms with van der Waals surface area (Å²) < 4.78 is 21.3. The summed E-state index contributed by atoms with van der Waals surface area (Å²) in [4.78, 5) is 0. The number of rotatable bonds is 6. The van der Waals surface area contributed by atoms with Crippen LogP contribution in [0.2, 0.25) is 0 Å². The zero-order valence-corrected chi connectivity index (χ0v) is 13.2. The van der Waals surface area contributed by atoms with E-state index < -0.39 is 0 Å². The van der Waals surface area contributed by atoms with Crippen molar-refractivity contribution in [3.63, 3.8) is 0 Å². The molecule has 1 aromatic heterocycles. The van der Waals surface area contributed by atoms with Gasteiger partial charge < -0.3 is 4.74 Å². The van der Waals surface area contributed by atoms with E-state index in [2.05, 4.69) is 34.9 Å². The van der Waals surface area contributed by atoms with Gasteiger partial charge in [-0.15, -0.1) is 0 Å². The number of halogens is 2.